The Bertz CT molecular complexity index is 1280. The van der Waals surface area contributed by atoms with Crippen LogP contribution in [-0.4, -0.2) is 67.9 Å². The molecule has 1 fully saturated rings. The molecule has 0 bridgehead atoms. The average molecular weight is 514 g/mol. The molecule has 1 unspecified atom stereocenters. The van der Waals surface area contributed by atoms with E-state index in [0.29, 0.717) is 11.7 Å². The summed E-state index contributed by atoms with van der Waals surface area (Å²) in [6.45, 7) is 5.16. The Morgan fingerprint density at radius 3 is 2.51 bits per heavy atom. The lowest BCUT2D eigenvalue weighted by Gasteiger charge is -2.36. The second-order valence-corrected chi connectivity index (χ2v) is 9.01. The predicted octanol–water partition coefficient (Wildman–Crippen LogP) is 3.90. The Morgan fingerprint density at radius 2 is 1.89 bits per heavy atom. The van der Waals surface area contributed by atoms with Crippen LogP contribution in [0.25, 0.3) is 11.4 Å². The molecule has 1 saturated heterocycles. The number of nitrogens with one attached hydrogen (secondary N) is 1. The number of halogens is 3. The molecule has 4 heterocycles. The van der Waals surface area contributed by atoms with E-state index in [2.05, 4.69) is 36.3 Å². The second kappa shape index (κ2) is 10.4. The standard InChI is InChI=1S/C25H26F3N7O2/c1-16-20(13-32-35(16)23-7-4-18(12-31-23)25(26,27)28)24(36)33-22-15-29-21(14-30-22)17-2-5-19(6-3-17)34-8-10-37-11-9-34/h2,4,7,12-15,19H,3,5-6,8-11H2,1H3,(H,30,33,36). The first-order valence-electron chi connectivity index (χ1n) is 12.0. The zero-order valence-electron chi connectivity index (χ0n) is 20.2. The lowest BCUT2D eigenvalue weighted by atomic mass is 9.92. The highest BCUT2D eigenvalue weighted by molar-refractivity contribution is 6.04. The lowest BCUT2D eigenvalue weighted by Crippen LogP contribution is -2.43. The minimum atomic E-state index is -4.48. The van der Waals surface area contributed by atoms with E-state index in [0.717, 1.165) is 69.1 Å². The van der Waals surface area contributed by atoms with Gasteiger partial charge in [0.2, 0.25) is 0 Å². The van der Waals surface area contributed by atoms with Gasteiger partial charge in [0.05, 0.1) is 54.3 Å². The van der Waals surface area contributed by atoms with Crippen molar-refractivity contribution in [3.8, 4) is 5.82 Å². The van der Waals surface area contributed by atoms with Crippen LogP contribution < -0.4 is 5.32 Å². The van der Waals surface area contributed by atoms with E-state index in [1.54, 1.807) is 13.1 Å². The van der Waals surface area contributed by atoms with Gasteiger partial charge in [-0.2, -0.15) is 18.3 Å². The van der Waals surface area contributed by atoms with Crippen LogP contribution in [0, 0.1) is 6.92 Å². The van der Waals surface area contributed by atoms with Crippen molar-refractivity contribution in [1.29, 1.82) is 0 Å². The monoisotopic (exact) mass is 513 g/mol. The molecular weight excluding hydrogens is 487 g/mol. The van der Waals surface area contributed by atoms with E-state index in [9.17, 15) is 18.0 Å². The van der Waals surface area contributed by atoms with E-state index in [1.807, 2.05) is 0 Å². The highest BCUT2D eigenvalue weighted by Crippen LogP contribution is 2.30. The number of aromatic nitrogens is 5. The van der Waals surface area contributed by atoms with E-state index in [4.69, 9.17) is 4.74 Å². The van der Waals surface area contributed by atoms with Crippen molar-refractivity contribution in [3.05, 3.63) is 65.5 Å². The van der Waals surface area contributed by atoms with Crippen molar-refractivity contribution in [1.82, 2.24) is 29.6 Å². The van der Waals surface area contributed by atoms with Crippen molar-refractivity contribution in [3.63, 3.8) is 0 Å². The number of alkyl halides is 3. The van der Waals surface area contributed by atoms with Crippen LogP contribution in [0.2, 0.25) is 0 Å². The van der Waals surface area contributed by atoms with Gasteiger partial charge in [-0.15, -0.1) is 0 Å². The van der Waals surface area contributed by atoms with Gasteiger partial charge in [0.25, 0.3) is 5.91 Å². The van der Waals surface area contributed by atoms with Crippen molar-refractivity contribution in [2.75, 3.05) is 31.6 Å². The van der Waals surface area contributed by atoms with E-state index in [1.165, 1.54) is 23.1 Å². The summed E-state index contributed by atoms with van der Waals surface area (Å²) in [7, 11) is 0. The third-order valence-corrected chi connectivity index (χ3v) is 6.71. The van der Waals surface area contributed by atoms with Crippen molar-refractivity contribution >= 4 is 17.3 Å². The molecule has 1 N–H and O–H groups in total. The number of allylic oxidation sites excluding steroid dienone is 1. The van der Waals surface area contributed by atoms with Gasteiger partial charge in [0, 0.05) is 25.3 Å². The predicted molar refractivity (Wildman–Crippen MR) is 129 cm³/mol. The SMILES string of the molecule is Cc1c(C(=O)Nc2cnc(C3=CCC(N4CCOCC4)CC3)cn2)cnn1-c1ccc(C(F)(F)F)cn1. The van der Waals surface area contributed by atoms with Gasteiger partial charge in [0.15, 0.2) is 11.6 Å². The molecule has 0 radical (unpaired) electrons. The number of nitrogens with zero attached hydrogens (tertiary/aromatic N) is 6. The van der Waals surface area contributed by atoms with Crippen LogP contribution in [0.1, 0.15) is 46.6 Å². The van der Waals surface area contributed by atoms with Crippen molar-refractivity contribution in [2.24, 2.45) is 0 Å². The normalized spacial score (nSPS) is 18.9. The first-order chi connectivity index (χ1) is 17.8. The number of rotatable bonds is 5. The van der Waals surface area contributed by atoms with Gasteiger partial charge in [-0.3, -0.25) is 14.7 Å². The number of amides is 1. The Morgan fingerprint density at radius 1 is 1.08 bits per heavy atom. The van der Waals surface area contributed by atoms with Crippen LogP contribution >= 0.6 is 0 Å². The quantitative estimate of drug-likeness (QED) is 0.553. The summed E-state index contributed by atoms with van der Waals surface area (Å²) in [5, 5.41) is 6.81. The minimum Gasteiger partial charge on any atom is -0.379 e. The highest BCUT2D eigenvalue weighted by Gasteiger charge is 2.31. The number of hydrogen-bond donors (Lipinski definition) is 1. The molecular formula is C25H26F3N7O2. The maximum atomic E-state index is 12.8. The lowest BCUT2D eigenvalue weighted by molar-refractivity contribution is -0.137. The Balaban J connectivity index is 1.22. The fourth-order valence-corrected chi connectivity index (χ4v) is 4.61. The summed E-state index contributed by atoms with van der Waals surface area (Å²) in [5.41, 5.74) is 1.75. The number of anilines is 1. The molecule has 0 aromatic carbocycles. The number of carbonyl (C=O) groups excluding carboxylic acids is 1. The third-order valence-electron chi connectivity index (χ3n) is 6.71. The zero-order chi connectivity index (χ0) is 26.0. The number of hydrogen-bond acceptors (Lipinski definition) is 7. The first kappa shape index (κ1) is 25.0. The largest absolute Gasteiger partial charge is 0.417 e. The molecule has 1 aliphatic carbocycles. The summed E-state index contributed by atoms with van der Waals surface area (Å²) in [4.78, 5) is 28.0. The molecule has 2 aliphatic rings. The van der Waals surface area contributed by atoms with Crippen LogP contribution in [0.3, 0.4) is 0 Å². The van der Waals surface area contributed by atoms with Crippen molar-refractivity contribution in [2.45, 2.75) is 38.4 Å². The van der Waals surface area contributed by atoms with Crippen LogP contribution in [-0.2, 0) is 10.9 Å². The number of pyridine rings is 1. The molecule has 9 nitrogen and oxygen atoms in total. The number of ether oxygens (including phenoxy) is 1. The summed E-state index contributed by atoms with van der Waals surface area (Å²) < 4.78 is 45.2. The van der Waals surface area contributed by atoms with Crippen LogP contribution in [0.15, 0.2) is 43.0 Å². The minimum absolute atomic E-state index is 0.172. The molecule has 1 aliphatic heterocycles. The fraction of sp³-hybridized carbons (Fsp3) is 0.400. The summed E-state index contributed by atoms with van der Waals surface area (Å²) in [6, 6.07) is 2.66. The van der Waals surface area contributed by atoms with Crippen LogP contribution in [0.4, 0.5) is 19.0 Å². The molecule has 37 heavy (non-hydrogen) atoms. The molecule has 1 atom stereocenters. The van der Waals surface area contributed by atoms with Gasteiger partial charge in [-0.25, -0.2) is 14.6 Å². The maximum Gasteiger partial charge on any atom is 0.417 e. The van der Waals surface area contributed by atoms with Gasteiger partial charge in [0.1, 0.15) is 0 Å². The Kier molecular flexibility index (Phi) is 7.02. The second-order valence-electron chi connectivity index (χ2n) is 9.01. The first-order valence-corrected chi connectivity index (χ1v) is 12.0. The smallest absolute Gasteiger partial charge is 0.379 e. The Hall–Kier alpha value is -3.64. The number of morpholine rings is 1. The highest BCUT2D eigenvalue weighted by atomic mass is 19.4. The summed E-state index contributed by atoms with van der Waals surface area (Å²) in [5.74, 6) is 0.00409. The molecule has 194 valence electrons. The average Bonchev–Trinajstić information content (AvgIpc) is 3.30. The molecule has 5 rings (SSSR count). The van der Waals surface area contributed by atoms with Crippen LogP contribution in [0.5, 0.6) is 0 Å². The molecule has 0 saturated carbocycles. The third kappa shape index (κ3) is 5.54. The fourth-order valence-electron chi connectivity index (χ4n) is 4.61. The van der Waals surface area contributed by atoms with Gasteiger partial charge in [-0.1, -0.05) is 6.08 Å². The molecule has 0 spiro atoms. The van der Waals surface area contributed by atoms with E-state index >= 15 is 0 Å². The topological polar surface area (TPSA) is 98.1 Å². The molecule has 12 heteroatoms. The van der Waals surface area contributed by atoms with E-state index < -0.39 is 17.6 Å². The zero-order valence-corrected chi connectivity index (χ0v) is 20.2. The molecule has 3 aromatic rings. The van der Waals surface area contributed by atoms with Gasteiger partial charge in [-0.05, 0) is 43.9 Å². The molecule has 3 aromatic heterocycles. The van der Waals surface area contributed by atoms with Gasteiger partial charge >= 0.3 is 6.18 Å². The molecule has 1 amide bonds. The number of carbonyl (C=O) groups is 1. The Labute approximate surface area is 211 Å². The maximum absolute atomic E-state index is 12.8. The summed E-state index contributed by atoms with van der Waals surface area (Å²) in [6.07, 6.45) is 5.91. The van der Waals surface area contributed by atoms with Gasteiger partial charge < -0.3 is 10.1 Å². The van der Waals surface area contributed by atoms with Crippen molar-refractivity contribution < 1.29 is 22.7 Å². The van der Waals surface area contributed by atoms with E-state index in [-0.39, 0.29) is 17.2 Å². The summed E-state index contributed by atoms with van der Waals surface area (Å²) >= 11 is 0.